The Kier molecular flexibility index (Phi) is 12.2. The number of nitrogens with one attached hydrogen (secondary N) is 2. The zero-order valence-corrected chi connectivity index (χ0v) is 29.3. The molecule has 2 aromatic heterocycles. The molecule has 0 aliphatic rings. The van der Waals surface area contributed by atoms with Crippen molar-refractivity contribution in [3.8, 4) is 0 Å². The highest BCUT2D eigenvalue weighted by Crippen LogP contribution is 2.41. The molecule has 3 aromatic rings. The third kappa shape index (κ3) is 10.7. The van der Waals surface area contributed by atoms with E-state index in [-0.39, 0.29) is 25.0 Å². The first-order valence-corrected chi connectivity index (χ1v) is 16.2. The summed E-state index contributed by atoms with van der Waals surface area (Å²) in [5.41, 5.74) is 3.01. The van der Waals surface area contributed by atoms with Crippen LogP contribution in [-0.2, 0) is 27.4 Å². The van der Waals surface area contributed by atoms with Crippen LogP contribution in [0.25, 0.3) is 0 Å². The van der Waals surface area contributed by atoms with Crippen LogP contribution in [0.3, 0.4) is 0 Å². The van der Waals surface area contributed by atoms with Gasteiger partial charge in [0.2, 0.25) is 5.91 Å². The van der Waals surface area contributed by atoms with E-state index in [9.17, 15) is 9.59 Å². The summed E-state index contributed by atoms with van der Waals surface area (Å²) in [6.07, 6.45) is 2.87. The van der Waals surface area contributed by atoms with Gasteiger partial charge in [-0.25, -0.2) is 4.79 Å². The third-order valence-electron chi connectivity index (χ3n) is 6.49. The summed E-state index contributed by atoms with van der Waals surface area (Å²) in [6, 6.07) is 8.53. The molecule has 0 saturated heterocycles. The van der Waals surface area contributed by atoms with Gasteiger partial charge in [-0.05, 0) is 101 Å². The molecule has 2 heterocycles. The Labute approximate surface area is 275 Å². The van der Waals surface area contributed by atoms with Gasteiger partial charge in [0.15, 0.2) is 0 Å². The maximum Gasteiger partial charge on any atom is 0.408 e. The number of pyridine rings is 1. The third-order valence-corrected chi connectivity index (χ3v) is 8.03. The van der Waals surface area contributed by atoms with Gasteiger partial charge in [-0.3, -0.25) is 9.78 Å². The van der Waals surface area contributed by atoms with Crippen LogP contribution in [0.2, 0.25) is 10.0 Å². The summed E-state index contributed by atoms with van der Waals surface area (Å²) >= 11 is 14.3. The second-order valence-electron chi connectivity index (χ2n) is 12.9. The maximum atomic E-state index is 13.6. The molecule has 8 nitrogen and oxygen atoms in total. The molecule has 0 fully saturated rings. The fourth-order valence-corrected chi connectivity index (χ4v) is 6.57. The Balaban J connectivity index is 1.98. The molecule has 2 N–H and O–H groups in total. The van der Waals surface area contributed by atoms with E-state index in [2.05, 4.69) is 41.0 Å². The Morgan fingerprint density at radius 1 is 1.00 bits per heavy atom. The average molecular weight is 664 g/mol. The van der Waals surface area contributed by atoms with E-state index < -0.39 is 23.3 Å². The Hall–Kier alpha value is -2.72. The molecule has 0 bridgehead atoms. The number of carbonyl (C=O) groups excluding carboxylic acids is 2. The van der Waals surface area contributed by atoms with Crippen LogP contribution in [0.15, 0.2) is 52.6 Å². The predicted octanol–water partition coefficient (Wildman–Crippen LogP) is 8.15. The lowest BCUT2D eigenvalue weighted by Crippen LogP contribution is -2.51. The number of halogens is 2. The number of carbonyl (C=O) groups is 2. The summed E-state index contributed by atoms with van der Waals surface area (Å²) in [5.74, 6) is -0.233. The first-order valence-electron chi connectivity index (χ1n) is 14.6. The highest BCUT2D eigenvalue weighted by atomic mass is 35.5. The quantitative estimate of drug-likeness (QED) is 0.215. The number of rotatable bonds is 11. The number of ether oxygens (including phenoxy) is 2. The zero-order valence-electron chi connectivity index (χ0n) is 27.0. The lowest BCUT2D eigenvalue weighted by molar-refractivity contribution is -0.126. The number of nitrogens with zero attached hydrogens (tertiary/aromatic N) is 2. The van der Waals surface area contributed by atoms with Gasteiger partial charge in [0.1, 0.15) is 11.6 Å². The molecule has 1 atom stereocenters. The van der Waals surface area contributed by atoms with Crippen molar-refractivity contribution in [3.63, 3.8) is 0 Å². The van der Waals surface area contributed by atoms with Crippen LogP contribution in [-0.4, -0.2) is 45.4 Å². The largest absolute Gasteiger partial charge is 0.444 e. The molecule has 11 heteroatoms. The molecule has 0 spiro atoms. The molecule has 2 amide bonds. The summed E-state index contributed by atoms with van der Waals surface area (Å²) in [5, 5.41) is 7.91. The second kappa shape index (κ2) is 15.0. The summed E-state index contributed by atoms with van der Waals surface area (Å²) in [7, 11) is 0. The first-order chi connectivity index (χ1) is 20.4. The number of amides is 2. The molecule has 240 valence electrons. The number of hydrogen-bond acceptors (Lipinski definition) is 6. The molecular formula is C33H44Cl2N4O4S. The SMILES string of the molecule is Cc1c(CNC(=O)[C@H](COC(C)(C)C)NC(=O)OC(C)(C)C)c(C(C)C)c(Sc2cc(Cl)cc(Cl)c2)n1Cc1ccncc1. The summed E-state index contributed by atoms with van der Waals surface area (Å²) < 4.78 is 13.6. The van der Waals surface area contributed by atoms with Gasteiger partial charge < -0.3 is 24.7 Å². The van der Waals surface area contributed by atoms with Gasteiger partial charge in [0.25, 0.3) is 0 Å². The van der Waals surface area contributed by atoms with Crippen LogP contribution in [0, 0.1) is 6.92 Å². The molecule has 1 aromatic carbocycles. The second-order valence-corrected chi connectivity index (χ2v) is 14.9. The van der Waals surface area contributed by atoms with Gasteiger partial charge in [-0.15, -0.1) is 0 Å². The van der Waals surface area contributed by atoms with Gasteiger partial charge in [0, 0.05) is 46.1 Å². The van der Waals surface area contributed by atoms with E-state index in [1.54, 1.807) is 51.0 Å². The summed E-state index contributed by atoms with van der Waals surface area (Å²) in [6.45, 7) is 18.2. The van der Waals surface area contributed by atoms with Crippen molar-refractivity contribution in [2.75, 3.05) is 6.61 Å². The Bertz CT molecular complexity index is 1430. The van der Waals surface area contributed by atoms with Gasteiger partial charge in [0.05, 0.1) is 17.2 Å². The number of hydrogen-bond donors (Lipinski definition) is 2. The van der Waals surface area contributed by atoms with Gasteiger partial charge in [-0.1, -0.05) is 48.8 Å². The minimum absolute atomic E-state index is 0.00964. The molecule has 0 unspecified atom stereocenters. The smallest absolute Gasteiger partial charge is 0.408 e. The molecule has 0 radical (unpaired) electrons. The van der Waals surface area contributed by atoms with E-state index in [0.29, 0.717) is 16.6 Å². The minimum atomic E-state index is -0.951. The Morgan fingerprint density at radius 3 is 2.16 bits per heavy atom. The topological polar surface area (TPSA) is 94.5 Å². The monoisotopic (exact) mass is 662 g/mol. The maximum absolute atomic E-state index is 13.6. The minimum Gasteiger partial charge on any atom is -0.444 e. The van der Waals surface area contributed by atoms with E-state index in [0.717, 1.165) is 32.3 Å². The van der Waals surface area contributed by atoms with Crippen molar-refractivity contribution < 1.29 is 19.1 Å². The summed E-state index contributed by atoms with van der Waals surface area (Å²) in [4.78, 5) is 31.3. The average Bonchev–Trinajstić information content (AvgIpc) is 3.13. The van der Waals surface area contributed by atoms with Crippen molar-refractivity contribution in [3.05, 3.63) is 75.2 Å². The molecule has 0 aliphatic carbocycles. The van der Waals surface area contributed by atoms with Crippen molar-refractivity contribution in [1.29, 1.82) is 0 Å². The van der Waals surface area contributed by atoms with Crippen LogP contribution in [0.1, 0.15) is 83.7 Å². The van der Waals surface area contributed by atoms with E-state index in [1.807, 2.05) is 45.0 Å². The first kappa shape index (κ1) is 35.8. The fraction of sp³-hybridized carbons (Fsp3) is 0.485. The van der Waals surface area contributed by atoms with Gasteiger partial charge in [-0.2, -0.15) is 0 Å². The fourth-order valence-electron chi connectivity index (χ4n) is 4.54. The van der Waals surface area contributed by atoms with Gasteiger partial charge >= 0.3 is 6.09 Å². The molecular weight excluding hydrogens is 619 g/mol. The lowest BCUT2D eigenvalue weighted by atomic mass is 10.0. The van der Waals surface area contributed by atoms with Crippen LogP contribution in [0.4, 0.5) is 4.79 Å². The van der Waals surface area contributed by atoms with Crippen molar-refractivity contribution in [2.24, 2.45) is 0 Å². The van der Waals surface area contributed by atoms with E-state index in [1.165, 1.54) is 0 Å². The van der Waals surface area contributed by atoms with Crippen molar-refractivity contribution in [1.82, 2.24) is 20.2 Å². The molecule has 3 rings (SSSR count). The highest BCUT2D eigenvalue weighted by Gasteiger charge is 2.28. The molecule has 0 saturated carbocycles. The van der Waals surface area contributed by atoms with Crippen molar-refractivity contribution in [2.45, 2.75) is 108 Å². The van der Waals surface area contributed by atoms with Crippen molar-refractivity contribution >= 4 is 47.0 Å². The van der Waals surface area contributed by atoms with Crippen LogP contribution >= 0.6 is 35.0 Å². The normalized spacial score (nSPS) is 12.7. The van der Waals surface area contributed by atoms with E-state index in [4.69, 9.17) is 32.7 Å². The number of aromatic nitrogens is 2. The lowest BCUT2D eigenvalue weighted by Gasteiger charge is -2.26. The Morgan fingerprint density at radius 2 is 1.61 bits per heavy atom. The highest BCUT2D eigenvalue weighted by molar-refractivity contribution is 7.99. The molecule has 44 heavy (non-hydrogen) atoms. The number of alkyl carbamates (subject to hydrolysis) is 1. The zero-order chi connectivity index (χ0) is 32.8. The van der Waals surface area contributed by atoms with Crippen LogP contribution < -0.4 is 10.6 Å². The molecule has 0 aliphatic heterocycles. The van der Waals surface area contributed by atoms with Crippen LogP contribution in [0.5, 0.6) is 0 Å². The number of benzene rings is 1. The predicted molar refractivity (Wildman–Crippen MR) is 178 cm³/mol. The standard InChI is InChI=1S/C33H44Cl2N4O4S/c1-20(2)28-26(17-37-29(40)27(19-42-32(4,5)6)38-31(41)43-33(7,8)9)21(3)39(18-22-10-12-36-13-11-22)30(28)44-25-15-23(34)14-24(35)16-25/h10-16,20,27H,17-19H2,1-9H3,(H,37,40)(H,38,41)/t27-/m0/s1. The van der Waals surface area contributed by atoms with E-state index >= 15 is 0 Å².